The molecule has 0 bridgehead atoms. The van der Waals surface area contributed by atoms with Gasteiger partial charge in [-0.2, -0.15) is 0 Å². The van der Waals surface area contributed by atoms with Gasteiger partial charge in [0.2, 0.25) is 0 Å². The van der Waals surface area contributed by atoms with Crippen molar-refractivity contribution in [3.8, 4) is 0 Å². The fraction of sp³-hybridized carbons (Fsp3) is 0.615. The van der Waals surface area contributed by atoms with Gasteiger partial charge in [0.1, 0.15) is 5.15 Å². The number of nitrogens with one attached hydrogen (secondary N) is 1. The quantitative estimate of drug-likeness (QED) is 0.776. The minimum atomic E-state index is 0.617. The molecule has 2 aliphatic heterocycles. The predicted molar refractivity (Wildman–Crippen MR) is 70.7 cm³/mol. The van der Waals surface area contributed by atoms with E-state index in [-0.39, 0.29) is 0 Å². The van der Waals surface area contributed by atoms with Crippen molar-refractivity contribution in [3.05, 3.63) is 23.0 Å². The van der Waals surface area contributed by atoms with Crippen LogP contribution in [-0.4, -0.2) is 30.7 Å². The van der Waals surface area contributed by atoms with E-state index < -0.39 is 0 Å². The molecular weight excluding hydrogens is 234 g/mol. The molecule has 4 heteroatoms. The summed E-state index contributed by atoms with van der Waals surface area (Å²) in [6, 6.07) is 2.89. The molecule has 1 aromatic heterocycles. The van der Waals surface area contributed by atoms with Crippen LogP contribution in [0.25, 0.3) is 0 Å². The fourth-order valence-electron chi connectivity index (χ4n) is 3.00. The molecular formula is C13H18ClN3. The van der Waals surface area contributed by atoms with E-state index in [1.54, 1.807) is 0 Å². The van der Waals surface area contributed by atoms with Gasteiger partial charge in [0.25, 0.3) is 0 Å². The van der Waals surface area contributed by atoms with Crippen LogP contribution in [0, 0.1) is 12.8 Å². The van der Waals surface area contributed by atoms with Crippen LogP contribution < -0.4 is 10.2 Å². The second kappa shape index (κ2) is 4.46. The fourth-order valence-corrected chi connectivity index (χ4v) is 3.10. The summed E-state index contributed by atoms with van der Waals surface area (Å²) in [5.41, 5.74) is 2.29. The second-order valence-corrected chi connectivity index (χ2v) is 5.50. The standard InChI is InChI=1S/C13H18ClN3/c1-9-6-11(7-16-13(9)14)17-5-3-12-10(8-17)2-4-15-12/h6-7,10,12,15H,2-5,8H2,1H3/t10-,12+/m0/s1. The van der Waals surface area contributed by atoms with Crippen LogP contribution in [0.2, 0.25) is 5.15 Å². The Morgan fingerprint density at radius 2 is 2.35 bits per heavy atom. The van der Waals surface area contributed by atoms with E-state index in [1.807, 2.05) is 13.1 Å². The van der Waals surface area contributed by atoms with Gasteiger partial charge in [-0.15, -0.1) is 0 Å². The molecule has 0 spiro atoms. The summed E-state index contributed by atoms with van der Waals surface area (Å²) >= 11 is 5.97. The third-order valence-corrected chi connectivity index (χ3v) is 4.42. The highest BCUT2D eigenvalue weighted by molar-refractivity contribution is 6.30. The van der Waals surface area contributed by atoms with Crippen LogP contribution in [0.5, 0.6) is 0 Å². The van der Waals surface area contributed by atoms with E-state index in [0.29, 0.717) is 5.15 Å². The van der Waals surface area contributed by atoms with Crippen molar-refractivity contribution >= 4 is 17.3 Å². The molecule has 17 heavy (non-hydrogen) atoms. The van der Waals surface area contributed by atoms with Crippen LogP contribution in [0.15, 0.2) is 12.3 Å². The lowest BCUT2D eigenvalue weighted by Crippen LogP contribution is -2.44. The summed E-state index contributed by atoms with van der Waals surface area (Å²) in [6.07, 6.45) is 4.45. The van der Waals surface area contributed by atoms with E-state index in [0.717, 1.165) is 30.6 Å². The lowest BCUT2D eigenvalue weighted by molar-refractivity contribution is 0.376. The summed E-state index contributed by atoms with van der Waals surface area (Å²) in [4.78, 5) is 6.70. The Kier molecular flexibility index (Phi) is 2.97. The highest BCUT2D eigenvalue weighted by Crippen LogP contribution is 2.29. The molecule has 0 aromatic carbocycles. The average Bonchev–Trinajstić information content (AvgIpc) is 2.79. The zero-order valence-corrected chi connectivity index (χ0v) is 10.9. The number of halogens is 1. The van der Waals surface area contributed by atoms with Gasteiger partial charge in [-0.3, -0.25) is 0 Å². The molecule has 0 saturated carbocycles. The summed E-state index contributed by atoms with van der Waals surface area (Å²) in [7, 11) is 0. The Bertz CT molecular complexity index is 421. The molecule has 3 heterocycles. The maximum Gasteiger partial charge on any atom is 0.132 e. The highest BCUT2D eigenvalue weighted by atomic mass is 35.5. The summed E-state index contributed by atoms with van der Waals surface area (Å²) in [6.45, 7) is 5.47. The largest absolute Gasteiger partial charge is 0.370 e. The maximum atomic E-state index is 5.97. The van der Waals surface area contributed by atoms with Crippen molar-refractivity contribution in [1.29, 1.82) is 0 Å². The van der Waals surface area contributed by atoms with E-state index >= 15 is 0 Å². The third kappa shape index (κ3) is 2.14. The second-order valence-electron chi connectivity index (χ2n) is 5.15. The molecule has 3 nitrogen and oxygen atoms in total. The summed E-state index contributed by atoms with van der Waals surface area (Å²) in [5.74, 6) is 0.805. The topological polar surface area (TPSA) is 28.2 Å². The number of hydrogen-bond donors (Lipinski definition) is 1. The SMILES string of the molecule is Cc1cc(N2CC[C@H]3NCC[C@H]3C2)cnc1Cl. The predicted octanol–water partition coefficient (Wildman–Crippen LogP) is 2.23. The number of nitrogens with zero attached hydrogens (tertiary/aromatic N) is 2. The minimum absolute atomic E-state index is 0.617. The molecule has 0 unspecified atom stereocenters. The van der Waals surface area contributed by atoms with Gasteiger partial charge in [0, 0.05) is 19.1 Å². The van der Waals surface area contributed by atoms with Gasteiger partial charge in [0.15, 0.2) is 0 Å². The first-order valence-electron chi connectivity index (χ1n) is 6.34. The van der Waals surface area contributed by atoms with Crippen LogP contribution in [-0.2, 0) is 0 Å². The molecule has 2 fully saturated rings. The zero-order valence-electron chi connectivity index (χ0n) is 10.1. The maximum absolute atomic E-state index is 5.97. The number of aromatic nitrogens is 1. The number of rotatable bonds is 1. The first kappa shape index (κ1) is 11.3. The van der Waals surface area contributed by atoms with E-state index in [1.165, 1.54) is 25.1 Å². The summed E-state index contributed by atoms with van der Waals surface area (Å²) in [5, 5.41) is 4.20. The molecule has 1 aromatic rings. The van der Waals surface area contributed by atoms with Gasteiger partial charge in [-0.05, 0) is 43.9 Å². The Balaban J connectivity index is 1.78. The van der Waals surface area contributed by atoms with Crippen LogP contribution in [0.1, 0.15) is 18.4 Å². The van der Waals surface area contributed by atoms with Crippen molar-refractivity contribution < 1.29 is 0 Å². The smallest absolute Gasteiger partial charge is 0.132 e. The minimum Gasteiger partial charge on any atom is -0.370 e. The molecule has 92 valence electrons. The monoisotopic (exact) mass is 251 g/mol. The van der Waals surface area contributed by atoms with Crippen molar-refractivity contribution in [2.75, 3.05) is 24.5 Å². The Hall–Kier alpha value is -0.800. The number of hydrogen-bond acceptors (Lipinski definition) is 3. The molecule has 2 saturated heterocycles. The van der Waals surface area contributed by atoms with Crippen molar-refractivity contribution in [1.82, 2.24) is 10.3 Å². The van der Waals surface area contributed by atoms with Crippen LogP contribution in [0.3, 0.4) is 0 Å². The number of piperidine rings is 1. The average molecular weight is 252 g/mol. The molecule has 0 amide bonds. The lowest BCUT2D eigenvalue weighted by Gasteiger charge is -2.36. The number of pyridine rings is 1. The van der Waals surface area contributed by atoms with Crippen LogP contribution in [0.4, 0.5) is 5.69 Å². The Morgan fingerprint density at radius 1 is 1.47 bits per heavy atom. The van der Waals surface area contributed by atoms with Gasteiger partial charge < -0.3 is 10.2 Å². The number of aryl methyl sites for hydroxylation is 1. The van der Waals surface area contributed by atoms with Gasteiger partial charge in [0.05, 0.1) is 11.9 Å². The Morgan fingerprint density at radius 3 is 3.18 bits per heavy atom. The Labute approximate surface area is 107 Å². The number of fused-ring (bicyclic) bond motifs is 1. The first-order chi connectivity index (χ1) is 8.24. The van der Waals surface area contributed by atoms with Crippen molar-refractivity contribution in [2.24, 2.45) is 5.92 Å². The van der Waals surface area contributed by atoms with Gasteiger partial charge in [-0.1, -0.05) is 11.6 Å². The molecule has 0 aliphatic carbocycles. The van der Waals surface area contributed by atoms with Gasteiger partial charge >= 0.3 is 0 Å². The first-order valence-corrected chi connectivity index (χ1v) is 6.72. The van der Waals surface area contributed by atoms with Crippen molar-refractivity contribution in [3.63, 3.8) is 0 Å². The molecule has 2 aliphatic rings. The normalized spacial score (nSPS) is 28.2. The molecule has 1 N–H and O–H groups in total. The van der Waals surface area contributed by atoms with E-state index in [2.05, 4.69) is 21.3 Å². The summed E-state index contributed by atoms with van der Waals surface area (Å²) < 4.78 is 0. The molecule has 2 atom stereocenters. The van der Waals surface area contributed by atoms with E-state index in [9.17, 15) is 0 Å². The molecule has 0 radical (unpaired) electrons. The van der Waals surface area contributed by atoms with Gasteiger partial charge in [-0.25, -0.2) is 4.98 Å². The zero-order chi connectivity index (χ0) is 11.8. The lowest BCUT2D eigenvalue weighted by atomic mass is 9.93. The highest BCUT2D eigenvalue weighted by Gasteiger charge is 2.32. The van der Waals surface area contributed by atoms with Crippen molar-refractivity contribution in [2.45, 2.75) is 25.8 Å². The van der Waals surface area contributed by atoms with Crippen LogP contribution >= 0.6 is 11.6 Å². The van der Waals surface area contributed by atoms with E-state index in [4.69, 9.17) is 11.6 Å². The molecule has 3 rings (SSSR count). The third-order valence-electron chi connectivity index (χ3n) is 4.02. The number of anilines is 1.